The summed E-state index contributed by atoms with van der Waals surface area (Å²) in [6.07, 6.45) is 10.1. The van der Waals surface area contributed by atoms with Crippen molar-refractivity contribution in [1.29, 1.82) is 0 Å². The second-order valence-corrected chi connectivity index (χ2v) is 7.04. The quantitative estimate of drug-likeness (QED) is 0.561. The highest BCUT2D eigenvalue weighted by molar-refractivity contribution is 8.21. The number of hydrogen-bond donors (Lipinski definition) is 0. The Labute approximate surface area is 141 Å². The fraction of sp³-hybridized carbons (Fsp3) is 0.389. The second-order valence-electron chi connectivity index (χ2n) is 5.15. The Morgan fingerprint density at radius 3 is 2.32 bits per heavy atom. The normalized spacial score (nSPS) is 17.5. The van der Waals surface area contributed by atoms with E-state index in [-0.39, 0.29) is 5.78 Å². The smallest absolute Gasteiger partial charge is 0.186 e. The lowest BCUT2D eigenvalue weighted by molar-refractivity contribution is -0.112. The van der Waals surface area contributed by atoms with E-state index in [9.17, 15) is 4.79 Å². The molecule has 0 atom stereocenters. The van der Waals surface area contributed by atoms with Crippen molar-refractivity contribution in [3.05, 3.63) is 45.2 Å². The Morgan fingerprint density at radius 1 is 1.09 bits per heavy atom. The number of allylic oxidation sites excluding steroid dienone is 2. The average molecular weight is 335 g/mol. The molecule has 1 saturated carbocycles. The summed E-state index contributed by atoms with van der Waals surface area (Å²) in [6, 6.07) is 7.86. The molecule has 118 valence electrons. The third kappa shape index (κ3) is 4.20. The number of rotatable bonds is 4. The first-order valence-corrected chi connectivity index (χ1v) is 9.85. The number of carbonyl (C=O) groups excluding carboxylic acids is 1. The fourth-order valence-electron chi connectivity index (χ4n) is 2.60. The summed E-state index contributed by atoms with van der Waals surface area (Å²) in [6.45, 7) is 0. The molecule has 0 spiro atoms. The van der Waals surface area contributed by atoms with Crippen molar-refractivity contribution in [2.24, 2.45) is 0 Å². The van der Waals surface area contributed by atoms with Crippen LogP contribution in [0.5, 0.6) is 5.75 Å². The molecule has 1 fully saturated rings. The van der Waals surface area contributed by atoms with Crippen LogP contribution < -0.4 is 4.74 Å². The SMILES string of the molecule is COc1ccc(/C=C2\CCCCC(=C(SC)SC)C2=O)cc1. The molecule has 0 N–H and O–H groups in total. The molecule has 2 rings (SSSR count). The maximum Gasteiger partial charge on any atom is 0.186 e. The Bertz CT molecular complexity index is 580. The van der Waals surface area contributed by atoms with Gasteiger partial charge in [0.15, 0.2) is 5.78 Å². The van der Waals surface area contributed by atoms with Gasteiger partial charge in [0.2, 0.25) is 0 Å². The fourth-order valence-corrected chi connectivity index (χ4v) is 4.15. The largest absolute Gasteiger partial charge is 0.497 e. The molecule has 0 aliphatic heterocycles. The van der Waals surface area contributed by atoms with Crippen LogP contribution in [0.3, 0.4) is 0 Å². The van der Waals surface area contributed by atoms with Gasteiger partial charge in [-0.1, -0.05) is 12.1 Å². The first kappa shape index (κ1) is 17.2. The first-order valence-electron chi connectivity index (χ1n) is 7.40. The number of ketones is 1. The monoisotopic (exact) mass is 334 g/mol. The van der Waals surface area contributed by atoms with Gasteiger partial charge in [-0.15, -0.1) is 23.5 Å². The van der Waals surface area contributed by atoms with Gasteiger partial charge in [0.1, 0.15) is 5.75 Å². The van der Waals surface area contributed by atoms with Gasteiger partial charge < -0.3 is 4.74 Å². The maximum absolute atomic E-state index is 12.9. The van der Waals surface area contributed by atoms with Gasteiger partial charge in [-0.25, -0.2) is 0 Å². The predicted molar refractivity (Wildman–Crippen MR) is 98.5 cm³/mol. The molecule has 1 aliphatic carbocycles. The maximum atomic E-state index is 12.9. The number of carbonyl (C=O) groups is 1. The third-order valence-electron chi connectivity index (χ3n) is 3.76. The van der Waals surface area contributed by atoms with E-state index >= 15 is 0 Å². The first-order chi connectivity index (χ1) is 10.7. The van der Waals surface area contributed by atoms with Crippen LogP contribution >= 0.6 is 23.5 Å². The van der Waals surface area contributed by atoms with Crippen molar-refractivity contribution in [3.63, 3.8) is 0 Å². The Balaban J connectivity index is 2.33. The van der Waals surface area contributed by atoms with E-state index in [1.54, 1.807) is 30.6 Å². The van der Waals surface area contributed by atoms with Crippen molar-refractivity contribution in [1.82, 2.24) is 0 Å². The summed E-state index contributed by atoms with van der Waals surface area (Å²) in [5.41, 5.74) is 2.98. The highest BCUT2D eigenvalue weighted by Gasteiger charge is 2.21. The van der Waals surface area contributed by atoms with Gasteiger partial charge >= 0.3 is 0 Å². The average Bonchev–Trinajstić information content (AvgIpc) is 2.73. The van der Waals surface area contributed by atoms with E-state index in [4.69, 9.17) is 4.74 Å². The zero-order valence-corrected chi connectivity index (χ0v) is 15.0. The lowest BCUT2D eigenvalue weighted by Gasteiger charge is -2.09. The minimum atomic E-state index is 0.229. The second kappa shape index (κ2) is 8.49. The molecular formula is C18H22O2S2. The molecule has 2 nitrogen and oxygen atoms in total. The van der Waals surface area contributed by atoms with Gasteiger partial charge in [0.25, 0.3) is 0 Å². The summed E-state index contributed by atoms with van der Waals surface area (Å²) in [4.78, 5) is 12.9. The predicted octanol–water partition coefficient (Wildman–Crippen LogP) is 5.16. The van der Waals surface area contributed by atoms with Gasteiger partial charge in [-0.2, -0.15) is 0 Å². The molecule has 0 bridgehead atoms. The van der Waals surface area contributed by atoms with Crippen LogP contribution in [0.1, 0.15) is 31.2 Å². The Kier molecular flexibility index (Phi) is 6.65. The van der Waals surface area contributed by atoms with Crippen LogP contribution in [0.4, 0.5) is 0 Å². The molecule has 0 radical (unpaired) electrons. The molecule has 0 saturated heterocycles. The topological polar surface area (TPSA) is 26.3 Å². The molecule has 1 aliphatic rings. The van der Waals surface area contributed by atoms with E-state index in [1.165, 1.54) is 0 Å². The summed E-state index contributed by atoms with van der Waals surface area (Å²) in [5, 5.41) is 0. The van der Waals surface area contributed by atoms with Crippen LogP contribution in [0.2, 0.25) is 0 Å². The van der Waals surface area contributed by atoms with E-state index in [2.05, 4.69) is 0 Å². The molecule has 22 heavy (non-hydrogen) atoms. The summed E-state index contributed by atoms with van der Waals surface area (Å²) in [5.74, 6) is 1.06. The standard InChI is InChI=1S/C18H22O2S2/c1-20-15-10-8-13(9-11-15)12-14-6-4-5-7-16(17(14)19)18(21-2)22-3/h8-12H,4-7H2,1-3H3/b14-12+. The number of methoxy groups -OCH3 is 1. The summed E-state index contributed by atoms with van der Waals surface area (Å²) in [7, 11) is 1.66. The van der Waals surface area contributed by atoms with Gasteiger partial charge in [-0.3, -0.25) is 4.79 Å². The molecule has 0 unspecified atom stereocenters. The minimum Gasteiger partial charge on any atom is -0.497 e. The Morgan fingerprint density at radius 2 is 1.73 bits per heavy atom. The molecule has 0 amide bonds. The number of thioether (sulfide) groups is 2. The molecule has 0 aromatic heterocycles. The number of ether oxygens (including phenoxy) is 1. The van der Waals surface area contributed by atoms with E-state index < -0.39 is 0 Å². The number of benzene rings is 1. The Hall–Kier alpha value is -1.13. The van der Waals surface area contributed by atoms with Crippen LogP contribution in [0, 0.1) is 0 Å². The molecule has 1 aromatic rings. The van der Waals surface area contributed by atoms with Crippen LogP contribution in [-0.4, -0.2) is 25.4 Å². The summed E-state index contributed by atoms with van der Waals surface area (Å²) >= 11 is 3.36. The van der Waals surface area contributed by atoms with Gasteiger partial charge in [0, 0.05) is 15.4 Å². The van der Waals surface area contributed by atoms with Crippen molar-refractivity contribution in [3.8, 4) is 5.75 Å². The van der Waals surface area contributed by atoms with Crippen LogP contribution in [0.15, 0.2) is 39.6 Å². The zero-order chi connectivity index (χ0) is 15.9. The van der Waals surface area contributed by atoms with Crippen molar-refractivity contribution < 1.29 is 9.53 Å². The van der Waals surface area contributed by atoms with Crippen molar-refractivity contribution in [2.75, 3.05) is 19.6 Å². The lowest BCUT2D eigenvalue weighted by atomic mass is 10.0. The van der Waals surface area contributed by atoms with Crippen molar-refractivity contribution >= 4 is 35.4 Å². The molecular weight excluding hydrogens is 312 g/mol. The zero-order valence-electron chi connectivity index (χ0n) is 13.3. The van der Waals surface area contributed by atoms with Crippen molar-refractivity contribution in [2.45, 2.75) is 25.7 Å². The highest BCUT2D eigenvalue weighted by Crippen LogP contribution is 2.35. The number of Topliss-reactive ketones (excluding diaryl/α,β-unsaturated/α-hetero) is 1. The van der Waals surface area contributed by atoms with E-state index in [0.29, 0.717) is 0 Å². The van der Waals surface area contributed by atoms with Gasteiger partial charge in [-0.05, 0) is 62.0 Å². The minimum absolute atomic E-state index is 0.229. The highest BCUT2D eigenvalue weighted by atomic mass is 32.2. The molecule has 4 heteroatoms. The van der Waals surface area contributed by atoms with E-state index in [0.717, 1.165) is 52.4 Å². The van der Waals surface area contributed by atoms with Crippen LogP contribution in [0.25, 0.3) is 6.08 Å². The number of hydrogen-bond acceptors (Lipinski definition) is 4. The van der Waals surface area contributed by atoms with Gasteiger partial charge in [0.05, 0.1) is 7.11 Å². The van der Waals surface area contributed by atoms with Crippen LogP contribution in [-0.2, 0) is 4.79 Å². The summed E-state index contributed by atoms with van der Waals surface area (Å²) < 4.78 is 6.34. The molecule has 1 aromatic carbocycles. The lowest BCUT2D eigenvalue weighted by Crippen LogP contribution is -2.05. The molecule has 0 heterocycles. The third-order valence-corrected chi connectivity index (χ3v) is 6.00. The van der Waals surface area contributed by atoms with E-state index in [1.807, 2.05) is 42.9 Å².